The molecule has 0 radical (unpaired) electrons. The first kappa shape index (κ1) is 11.8. The third-order valence-electron chi connectivity index (χ3n) is 1.85. The molecule has 1 N–H and O–H groups in total. The smallest absolute Gasteiger partial charge is 0.387 e. The summed E-state index contributed by atoms with van der Waals surface area (Å²) >= 11 is 0. The maximum absolute atomic E-state index is 11.1. The second kappa shape index (κ2) is 4.76. The van der Waals surface area contributed by atoms with Crippen LogP contribution in [0.4, 0.5) is 0 Å². The number of nitrogens with zero attached hydrogens (tertiary/aromatic N) is 1. The van der Waals surface area contributed by atoms with Gasteiger partial charge < -0.3 is 9.84 Å². The summed E-state index contributed by atoms with van der Waals surface area (Å²) < 4.78 is 4.51. The first-order valence-electron chi connectivity index (χ1n) is 3.97. The fourth-order valence-corrected chi connectivity index (χ4v) is 0.847. The van der Waals surface area contributed by atoms with E-state index in [4.69, 9.17) is 5.11 Å². The van der Waals surface area contributed by atoms with Gasteiger partial charge in [0, 0.05) is 11.3 Å². The monoisotopic (exact) mass is 191 g/mol. The maximum atomic E-state index is 11.1. The normalized spacial score (nSPS) is 14.7. The molecule has 0 aromatic carbocycles. The highest BCUT2D eigenvalue weighted by molar-refractivity contribution is 5.79. The van der Waals surface area contributed by atoms with Crippen LogP contribution in [0.25, 0.3) is 0 Å². The first-order valence-corrected chi connectivity index (χ1v) is 3.97. The van der Waals surface area contributed by atoms with Crippen molar-refractivity contribution in [1.82, 2.24) is 0 Å². The first-order chi connectivity index (χ1) is 6.05. The van der Waals surface area contributed by atoms with Crippen molar-refractivity contribution in [3.8, 4) is 0 Å². The van der Waals surface area contributed by atoms with Gasteiger partial charge in [0.05, 0.1) is 6.61 Å². The molecule has 6 nitrogen and oxygen atoms in total. The van der Waals surface area contributed by atoms with Gasteiger partial charge in [-0.2, -0.15) is 0 Å². The lowest BCUT2D eigenvalue weighted by atomic mass is 9.99. The van der Waals surface area contributed by atoms with Gasteiger partial charge in [0.25, 0.3) is 0 Å². The molecule has 76 valence electrons. The number of esters is 1. The van der Waals surface area contributed by atoms with Crippen molar-refractivity contribution in [2.24, 2.45) is 0 Å². The summed E-state index contributed by atoms with van der Waals surface area (Å²) in [4.78, 5) is 20.9. The van der Waals surface area contributed by atoms with Crippen molar-refractivity contribution in [2.45, 2.75) is 25.8 Å². The number of aliphatic hydroxyl groups excluding tert-OH is 1. The third-order valence-corrected chi connectivity index (χ3v) is 1.85. The van der Waals surface area contributed by atoms with Crippen molar-refractivity contribution >= 4 is 5.97 Å². The SMILES string of the molecule is CCOC(=O)C(CC)(CO)[N+](=O)[O-]. The number of carbonyl (C=O) groups excluding carboxylic acids is 1. The largest absolute Gasteiger partial charge is 0.461 e. The Kier molecular flexibility index (Phi) is 4.33. The van der Waals surface area contributed by atoms with Crippen LogP contribution in [0, 0.1) is 10.1 Å². The molecule has 0 amide bonds. The Labute approximate surface area is 75.7 Å². The van der Waals surface area contributed by atoms with E-state index in [0.717, 1.165) is 0 Å². The molecule has 0 aliphatic carbocycles. The highest BCUT2D eigenvalue weighted by Gasteiger charge is 2.50. The zero-order chi connectivity index (χ0) is 10.5. The van der Waals surface area contributed by atoms with E-state index in [0.29, 0.717) is 0 Å². The van der Waals surface area contributed by atoms with Crippen LogP contribution in [0.1, 0.15) is 20.3 Å². The van der Waals surface area contributed by atoms with E-state index in [2.05, 4.69) is 4.74 Å². The molecule has 0 spiro atoms. The predicted octanol–water partition coefficient (Wildman–Crippen LogP) is -0.0327. The Bertz CT molecular complexity index is 199. The molecule has 0 saturated heterocycles. The van der Waals surface area contributed by atoms with Gasteiger partial charge in [-0.15, -0.1) is 0 Å². The van der Waals surface area contributed by atoms with E-state index < -0.39 is 23.0 Å². The predicted molar refractivity (Wildman–Crippen MR) is 43.7 cm³/mol. The van der Waals surface area contributed by atoms with Crippen LogP contribution < -0.4 is 0 Å². The molecule has 0 aliphatic rings. The average molecular weight is 191 g/mol. The molecule has 0 saturated carbocycles. The molecule has 0 aromatic rings. The van der Waals surface area contributed by atoms with Crippen LogP contribution in [0.2, 0.25) is 0 Å². The standard InChI is InChI=1S/C7H13NO5/c1-3-7(5-9,8(11)12)6(10)13-4-2/h9H,3-5H2,1-2H3. The Morgan fingerprint density at radius 3 is 2.38 bits per heavy atom. The number of aliphatic hydroxyl groups is 1. The lowest BCUT2D eigenvalue weighted by Crippen LogP contribution is -2.50. The van der Waals surface area contributed by atoms with E-state index in [1.54, 1.807) is 6.92 Å². The fourth-order valence-electron chi connectivity index (χ4n) is 0.847. The minimum atomic E-state index is -1.99. The van der Waals surface area contributed by atoms with Gasteiger partial charge in [-0.1, -0.05) is 6.92 Å². The summed E-state index contributed by atoms with van der Waals surface area (Å²) in [6.45, 7) is 2.23. The third kappa shape index (κ3) is 2.15. The van der Waals surface area contributed by atoms with E-state index in [9.17, 15) is 14.9 Å². The van der Waals surface area contributed by atoms with Crippen molar-refractivity contribution in [1.29, 1.82) is 0 Å². The van der Waals surface area contributed by atoms with Crippen molar-refractivity contribution < 1.29 is 19.6 Å². The molecule has 1 unspecified atom stereocenters. The van der Waals surface area contributed by atoms with Crippen LogP contribution in [-0.4, -0.2) is 34.8 Å². The number of nitro groups is 1. The molecular formula is C7H13NO5. The lowest BCUT2D eigenvalue weighted by molar-refractivity contribution is -0.559. The maximum Gasteiger partial charge on any atom is 0.387 e. The lowest BCUT2D eigenvalue weighted by Gasteiger charge is -2.18. The van der Waals surface area contributed by atoms with Crippen molar-refractivity contribution in [3.05, 3.63) is 10.1 Å². The second-order valence-electron chi connectivity index (χ2n) is 2.52. The van der Waals surface area contributed by atoms with Crippen LogP contribution in [0.15, 0.2) is 0 Å². The Hall–Kier alpha value is -1.17. The van der Waals surface area contributed by atoms with Gasteiger partial charge >= 0.3 is 11.5 Å². The zero-order valence-corrected chi connectivity index (χ0v) is 7.65. The summed E-state index contributed by atoms with van der Waals surface area (Å²) in [5.41, 5.74) is -1.99. The number of hydrogen-bond acceptors (Lipinski definition) is 5. The molecule has 0 heterocycles. The molecule has 13 heavy (non-hydrogen) atoms. The number of ether oxygens (including phenoxy) is 1. The molecule has 0 aromatic heterocycles. The van der Waals surface area contributed by atoms with E-state index in [1.165, 1.54) is 6.92 Å². The Balaban J connectivity index is 4.75. The van der Waals surface area contributed by atoms with Gasteiger partial charge in [0.15, 0.2) is 0 Å². The number of carbonyl (C=O) groups is 1. The quantitative estimate of drug-likeness (QED) is 0.374. The summed E-state index contributed by atoms with van der Waals surface area (Å²) in [6.07, 6.45) is -0.0880. The average Bonchev–Trinajstić information content (AvgIpc) is 2.07. The molecule has 0 aliphatic heterocycles. The van der Waals surface area contributed by atoms with Gasteiger partial charge in [0.1, 0.15) is 6.61 Å². The molecule has 0 bridgehead atoms. The highest BCUT2D eigenvalue weighted by Crippen LogP contribution is 2.16. The van der Waals surface area contributed by atoms with Crippen molar-refractivity contribution in [2.75, 3.05) is 13.2 Å². The fraction of sp³-hybridized carbons (Fsp3) is 0.857. The van der Waals surface area contributed by atoms with Gasteiger partial charge in [0.2, 0.25) is 0 Å². The topological polar surface area (TPSA) is 89.7 Å². The van der Waals surface area contributed by atoms with E-state index >= 15 is 0 Å². The molecule has 1 atom stereocenters. The summed E-state index contributed by atoms with van der Waals surface area (Å²) in [6, 6.07) is 0. The van der Waals surface area contributed by atoms with E-state index in [-0.39, 0.29) is 13.0 Å². The highest BCUT2D eigenvalue weighted by atomic mass is 16.6. The van der Waals surface area contributed by atoms with Gasteiger partial charge in [-0.3, -0.25) is 10.1 Å². The molecule has 0 fully saturated rings. The molecule has 0 rings (SSSR count). The molecule has 6 heteroatoms. The van der Waals surface area contributed by atoms with Crippen LogP contribution >= 0.6 is 0 Å². The van der Waals surface area contributed by atoms with Crippen LogP contribution in [0.3, 0.4) is 0 Å². The van der Waals surface area contributed by atoms with Crippen molar-refractivity contribution in [3.63, 3.8) is 0 Å². The zero-order valence-electron chi connectivity index (χ0n) is 7.65. The van der Waals surface area contributed by atoms with Crippen LogP contribution in [-0.2, 0) is 9.53 Å². The van der Waals surface area contributed by atoms with Gasteiger partial charge in [-0.05, 0) is 6.92 Å². The second-order valence-corrected chi connectivity index (χ2v) is 2.52. The Morgan fingerprint density at radius 2 is 2.15 bits per heavy atom. The Morgan fingerprint density at radius 1 is 1.62 bits per heavy atom. The molecular weight excluding hydrogens is 178 g/mol. The van der Waals surface area contributed by atoms with Gasteiger partial charge in [-0.25, -0.2) is 4.79 Å². The van der Waals surface area contributed by atoms with E-state index in [1.807, 2.05) is 0 Å². The van der Waals surface area contributed by atoms with Crippen LogP contribution in [0.5, 0.6) is 0 Å². The minimum Gasteiger partial charge on any atom is -0.461 e. The minimum absolute atomic E-state index is 0.0639. The summed E-state index contributed by atoms with van der Waals surface area (Å²) in [5.74, 6) is -0.981. The number of rotatable bonds is 5. The summed E-state index contributed by atoms with van der Waals surface area (Å²) in [5, 5.41) is 19.3. The number of hydrogen-bond donors (Lipinski definition) is 1. The summed E-state index contributed by atoms with van der Waals surface area (Å²) in [7, 11) is 0.